The van der Waals surface area contributed by atoms with Gasteiger partial charge in [0.2, 0.25) is 11.3 Å². The molecule has 3 aromatic rings. The van der Waals surface area contributed by atoms with E-state index in [-0.39, 0.29) is 0 Å². The molecule has 0 atom stereocenters. The van der Waals surface area contributed by atoms with Crippen LogP contribution in [0.1, 0.15) is 0 Å². The van der Waals surface area contributed by atoms with Crippen LogP contribution in [0.5, 0.6) is 0 Å². The van der Waals surface area contributed by atoms with Gasteiger partial charge >= 0.3 is 0 Å². The van der Waals surface area contributed by atoms with Crippen molar-refractivity contribution in [2.45, 2.75) is 0 Å². The highest BCUT2D eigenvalue weighted by Gasteiger charge is 2.04. The van der Waals surface area contributed by atoms with Crippen LogP contribution in [0.4, 0.5) is 0 Å². The number of fused-ring (bicyclic) bond motifs is 1. The van der Waals surface area contributed by atoms with E-state index in [1.165, 1.54) is 0 Å². The summed E-state index contributed by atoms with van der Waals surface area (Å²) < 4.78 is 8.07. The van der Waals surface area contributed by atoms with Gasteiger partial charge in [-0.25, -0.2) is 9.97 Å². The second kappa shape index (κ2) is 3.36. The van der Waals surface area contributed by atoms with Gasteiger partial charge < -0.3 is 0 Å². The molecular weight excluding hydrogens is 208 g/mol. The van der Waals surface area contributed by atoms with E-state index >= 15 is 0 Å². The Balaban J connectivity index is 2.19. The number of hydrogen-bond donors (Lipinski definition) is 0. The second-order valence-corrected chi connectivity index (χ2v) is 3.56. The molecule has 0 unspecified atom stereocenters. The zero-order chi connectivity index (χ0) is 10.1. The summed E-state index contributed by atoms with van der Waals surface area (Å²) in [5.74, 6) is 0. The van der Waals surface area contributed by atoms with Crippen molar-refractivity contribution in [2.24, 2.45) is 0 Å². The topological polar surface area (TPSA) is 51.6 Å². The molecule has 2 aromatic heterocycles. The molecule has 15 heavy (non-hydrogen) atoms. The van der Waals surface area contributed by atoms with Crippen LogP contribution in [0.15, 0.2) is 36.5 Å². The lowest BCUT2D eigenvalue weighted by atomic mass is 10.2. The molecule has 1 aromatic carbocycles. The van der Waals surface area contributed by atoms with Crippen molar-refractivity contribution < 1.29 is 0 Å². The summed E-state index contributed by atoms with van der Waals surface area (Å²) in [4.78, 5) is 8.57. The summed E-state index contributed by atoms with van der Waals surface area (Å²) in [5, 5.41) is 0. The summed E-state index contributed by atoms with van der Waals surface area (Å²) >= 11 is 1.13. The van der Waals surface area contributed by atoms with E-state index in [1.54, 1.807) is 6.20 Å². The maximum atomic E-state index is 4.38. The third-order valence-electron chi connectivity index (χ3n) is 2.06. The van der Waals surface area contributed by atoms with E-state index in [2.05, 4.69) is 18.7 Å². The normalized spacial score (nSPS) is 10.7. The van der Waals surface area contributed by atoms with E-state index in [0.717, 1.165) is 23.0 Å². The molecule has 0 amide bonds. The molecule has 0 aliphatic heterocycles. The number of hydrogen-bond acceptors (Lipinski definition) is 5. The Morgan fingerprint density at radius 3 is 2.60 bits per heavy atom. The zero-order valence-corrected chi connectivity index (χ0v) is 8.48. The Morgan fingerprint density at radius 1 is 0.933 bits per heavy atom. The second-order valence-electron chi connectivity index (χ2n) is 3.03. The Labute approximate surface area is 90.0 Å². The molecule has 0 aliphatic carbocycles. The van der Waals surface area contributed by atoms with E-state index in [9.17, 15) is 0 Å². The lowest BCUT2D eigenvalue weighted by Crippen LogP contribution is -1.87. The Bertz CT molecular complexity index is 590. The first-order valence-corrected chi connectivity index (χ1v) is 5.17. The number of nitrogens with zero attached hydrogens (tertiary/aromatic N) is 4. The summed E-state index contributed by atoms with van der Waals surface area (Å²) in [6.45, 7) is 0. The zero-order valence-electron chi connectivity index (χ0n) is 7.66. The van der Waals surface area contributed by atoms with Gasteiger partial charge in [-0.2, -0.15) is 8.75 Å². The molecule has 0 fully saturated rings. The largest absolute Gasteiger partial charge is 0.231 e. The maximum Gasteiger partial charge on any atom is 0.213 e. The first-order chi connectivity index (χ1) is 7.43. The monoisotopic (exact) mass is 214 g/mol. The van der Waals surface area contributed by atoms with Crippen LogP contribution in [0.3, 0.4) is 0 Å². The van der Waals surface area contributed by atoms with E-state index in [1.807, 2.05) is 30.3 Å². The Hall–Kier alpha value is -1.88. The molecule has 0 saturated heterocycles. The average Bonchev–Trinajstić information content (AvgIpc) is 2.77. The molecule has 0 saturated carbocycles. The minimum absolute atomic E-state index is 0.611. The van der Waals surface area contributed by atoms with Gasteiger partial charge in [0, 0.05) is 5.56 Å². The first kappa shape index (κ1) is 8.43. The molecule has 3 rings (SSSR count). The molecule has 5 heteroatoms. The summed E-state index contributed by atoms with van der Waals surface area (Å²) in [7, 11) is 0. The first-order valence-electron chi connectivity index (χ1n) is 4.44. The van der Waals surface area contributed by atoms with Crippen molar-refractivity contribution in [3.05, 3.63) is 36.5 Å². The van der Waals surface area contributed by atoms with Crippen LogP contribution < -0.4 is 0 Å². The maximum absolute atomic E-state index is 4.38. The van der Waals surface area contributed by atoms with Crippen molar-refractivity contribution >= 4 is 23.0 Å². The van der Waals surface area contributed by atoms with Crippen LogP contribution in [-0.2, 0) is 0 Å². The van der Waals surface area contributed by atoms with E-state index in [4.69, 9.17) is 0 Å². The molecule has 4 nitrogen and oxygen atoms in total. The highest BCUT2D eigenvalue weighted by atomic mass is 32.1. The standard InChI is InChI=1S/C10H6N4S/c1-2-4-7(5-3-1)8-6-11-9-10(12-8)14-15-13-9/h1-6H. The number of aromatic nitrogens is 4. The number of rotatable bonds is 1. The van der Waals surface area contributed by atoms with E-state index < -0.39 is 0 Å². The molecule has 0 aliphatic rings. The third-order valence-corrected chi connectivity index (χ3v) is 2.57. The van der Waals surface area contributed by atoms with Crippen molar-refractivity contribution in [1.82, 2.24) is 18.7 Å². The van der Waals surface area contributed by atoms with Gasteiger partial charge in [-0.15, -0.1) is 0 Å². The summed E-state index contributed by atoms with van der Waals surface area (Å²) in [5.41, 5.74) is 3.09. The molecule has 0 spiro atoms. The summed E-state index contributed by atoms with van der Waals surface area (Å²) in [6, 6.07) is 9.91. The van der Waals surface area contributed by atoms with Crippen LogP contribution in [-0.4, -0.2) is 18.7 Å². The van der Waals surface area contributed by atoms with Crippen molar-refractivity contribution in [3.63, 3.8) is 0 Å². The van der Waals surface area contributed by atoms with Crippen molar-refractivity contribution in [2.75, 3.05) is 0 Å². The smallest absolute Gasteiger partial charge is 0.213 e. The quantitative estimate of drug-likeness (QED) is 0.622. The predicted octanol–water partition coefficient (Wildman–Crippen LogP) is 2.15. The van der Waals surface area contributed by atoms with Gasteiger partial charge in [-0.05, 0) is 0 Å². The SMILES string of the molecule is c1ccc(-c2cnc3nsnc3n2)cc1. The highest BCUT2D eigenvalue weighted by molar-refractivity contribution is 6.99. The Morgan fingerprint density at radius 2 is 1.73 bits per heavy atom. The molecule has 72 valence electrons. The fourth-order valence-corrected chi connectivity index (χ4v) is 1.79. The van der Waals surface area contributed by atoms with Crippen LogP contribution in [0.2, 0.25) is 0 Å². The van der Waals surface area contributed by atoms with Crippen LogP contribution >= 0.6 is 11.7 Å². The van der Waals surface area contributed by atoms with Gasteiger partial charge in [0.05, 0.1) is 23.6 Å². The van der Waals surface area contributed by atoms with Gasteiger partial charge in [-0.3, -0.25) is 0 Å². The predicted molar refractivity (Wildman–Crippen MR) is 58.4 cm³/mol. The fourth-order valence-electron chi connectivity index (χ4n) is 1.34. The van der Waals surface area contributed by atoms with Gasteiger partial charge in [-0.1, -0.05) is 30.3 Å². The van der Waals surface area contributed by atoms with Crippen LogP contribution in [0.25, 0.3) is 22.6 Å². The van der Waals surface area contributed by atoms with Crippen LogP contribution in [0, 0.1) is 0 Å². The molecule has 2 heterocycles. The minimum atomic E-state index is 0.611. The van der Waals surface area contributed by atoms with Gasteiger partial charge in [0.25, 0.3) is 0 Å². The lowest BCUT2D eigenvalue weighted by Gasteiger charge is -1.97. The summed E-state index contributed by atoms with van der Waals surface area (Å²) in [6.07, 6.45) is 1.72. The molecule has 0 N–H and O–H groups in total. The molecular formula is C10H6N4S. The van der Waals surface area contributed by atoms with E-state index in [0.29, 0.717) is 11.3 Å². The van der Waals surface area contributed by atoms with Gasteiger partial charge in [0.15, 0.2) is 0 Å². The molecule has 0 bridgehead atoms. The Kier molecular flexibility index (Phi) is 1.89. The van der Waals surface area contributed by atoms with Crippen molar-refractivity contribution in [3.8, 4) is 11.3 Å². The fraction of sp³-hybridized carbons (Fsp3) is 0. The number of benzene rings is 1. The lowest BCUT2D eigenvalue weighted by molar-refractivity contribution is 1.26. The average molecular weight is 214 g/mol. The van der Waals surface area contributed by atoms with Gasteiger partial charge in [0.1, 0.15) is 0 Å². The highest BCUT2D eigenvalue weighted by Crippen LogP contribution is 2.17. The minimum Gasteiger partial charge on any atom is -0.231 e. The molecule has 0 radical (unpaired) electrons. The third kappa shape index (κ3) is 1.46. The van der Waals surface area contributed by atoms with Crippen molar-refractivity contribution in [1.29, 1.82) is 0 Å².